The highest BCUT2D eigenvalue weighted by Crippen LogP contribution is 2.45. The lowest BCUT2D eigenvalue weighted by molar-refractivity contribution is -0.127. The molecular formula is C17H22ClNO2. The number of halogens is 1. The van der Waals surface area contributed by atoms with Gasteiger partial charge in [0, 0.05) is 17.0 Å². The molecule has 0 radical (unpaired) electrons. The molecule has 0 unspecified atom stereocenters. The van der Waals surface area contributed by atoms with Crippen molar-refractivity contribution in [3.63, 3.8) is 0 Å². The maximum absolute atomic E-state index is 12.8. The fourth-order valence-corrected chi connectivity index (χ4v) is 3.52. The number of aliphatic hydroxyl groups excluding tert-OH is 1. The zero-order valence-electron chi connectivity index (χ0n) is 12.2. The second-order valence-corrected chi connectivity index (χ2v) is 7.07. The summed E-state index contributed by atoms with van der Waals surface area (Å²) >= 11 is 5.96. The topological polar surface area (TPSA) is 49.3 Å². The fraction of sp³-hybridized carbons (Fsp3) is 0.588. The number of benzene rings is 1. The van der Waals surface area contributed by atoms with E-state index in [1.54, 1.807) is 0 Å². The Hall–Kier alpha value is -1.06. The molecule has 2 fully saturated rings. The van der Waals surface area contributed by atoms with Crippen molar-refractivity contribution in [2.24, 2.45) is 5.41 Å². The van der Waals surface area contributed by atoms with E-state index in [0.29, 0.717) is 11.6 Å². The normalized spacial score (nSPS) is 22.0. The van der Waals surface area contributed by atoms with Crippen LogP contribution in [0.1, 0.15) is 44.1 Å². The minimum atomic E-state index is -0.407. The molecular weight excluding hydrogens is 286 g/mol. The first-order valence-corrected chi connectivity index (χ1v) is 8.13. The van der Waals surface area contributed by atoms with Gasteiger partial charge in [-0.1, -0.05) is 36.6 Å². The number of hydrogen-bond acceptors (Lipinski definition) is 2. The van der Waals surface area contributed by atoms with Crippen molar-refractivity contribution in [1.29, 1.82) is 0 Å². The summed E-state index contributed by atoms with van der Waals surface area (Å²) in [5.41, 5.74) is 0.613. The first-order valence-electron chi connectivity index (χ1n) is 7.76. The third-order valence-corrected chi connectivity index (χ3v) is 5.46. The van der Waals surface area contributed by atoms with Gasteiger partial charge < -0.3 is 10.4 Å². The van der Waals surface area contributed by atoms with Crippen LogP contribution in [0.5, 0.6) is 0 Å². The Bertz CT molecular complexity index is 516. The van der Waals surface area contributed by atoms with E-state index < -0.39 is 5.41 Å². The molecule has 114 valence electrons. The molecule has 4 heteroatoms. The van der Waals surface area contributed by atoms with E-state index in [2.05, 4.69) is 5.32 Å². The summed E-state index contributed by atoms with van der Waals surface area (Å²) in [6.07, 6.45) is 5.98. The lowest BCUT2D eigenvalue weighted by Gasteiger charge is -2.29. The van der Waals surface area contributed by atoms with Crippen LogP contribution in [0.3, 0.4) is 0 Å². The molecule has 1 amide bonds. The highest BCUT2D eigenvalue weighted by molar-refractivity contribution is 6.30. The molecule has 0 saturated heterocycles. The quantitative estimate of drug-likeness (QED) is 0.878. The van der Waals surface area contributed by atoms with Crippen molar-refractivity contribution in [3.05, 3.63) is 34.9 Å². The van der Waals surface area contributed by atoms with E-state index in [1.807, 2.05) is 24.3 Å². The van der Waals surface area contributed by atoms with E-state index in [-0.39, 0.29) is 17.9 Å². The van der Waals surface area contributed by atoms with Crippen LogP contribution in [0.15, 0.2) is 24.3 Å². The molecule has 0 atom stereocenters. The van der Waals surface area contributed by atoms with E-state index >= 15 is 0 Å². The van der Waals surface area contributed by atoms with Crippen LogP contribution in [0, 0.1) is 5.41 Å². The van der Waals surface area contributed by atoms with Gasteiger partial charge in [0.2, 0.25) is 5.91 Å². The number of rotatable bonds is 5. The van der Waals surface area contributed by atoms with Crippen LogP contribution < -0.4 is 5.32 Å². The van der Waals surface area contributed by atoms with E-state index in [1.165, 1.54) is 0 Å². The summed E-state index contributed by atoms with van der Waals surface area (Å²) in [6.45, 7) is 0.763. The monoisotopic (exact) mass is 307 g/mol. The van der Waals surface area contributed by atoms with Gasteiger partial charge in [-0.2, -0.15) is 0 Å². The van der Waals surface area contributed by atoms with Gasteiger partial charge >= 0.3 is 0 Å². The zero-order chi connectivity index (χ0) is 14.9. The molecule has 3 nitrogen and oxygen atoms in total. The number of aliphatic hydroxyl groups is 1. The van der Waals surface area contributed by atoms with Crippen LogP contribution in [0.2, 0.25) is 5.02 Å². The standard InChI is InChI=1S/C17H22ClNO2/c18-14-5-3-13(4-6-14)17(7-1-2-8-17)15(21)19-11-16(12-20)9-10-16/h3-6,20H,1-2,7-12H2,(H,19,21). The maximum Gasteiger partial charge on any atom is 0.230 e. The molecule has 1 aromatic carbocycles. The minimum Gasteiger partial charge on any atom is -0.396 e. The molecule has 2 aliphatic rings. The second kappa shape index (κ2) is 5.62. The van der Waals surface area contributed by atoms with Crippen LogP contribution in [0.4, 0.5) is 0 Å². The summed E-state index contributed by atoms with van der Waals surface area (Å²) in [6, 6.07) is 7.68. The Labute approximate surface area is 130 Å². The average molecular weight is 308 g/mol. The van der Waals surface area contributed by atoms with Gasteiger partial charge in [-0.15, -0.1) is 0 Å². The van der Waals surface area contributed by atoms with Gasteiger partial charge in [0.05, 0.1) is 12.0 Å². The Morgan fingerprint density at radius 1 is 1.14 bits per heavy atom. The smallest absolute Gasteiger partial charge is 0.230 e. The predicted octanol–water partition coefficient (Wildman–Crippen LogP) is 3.04. The fourth-order valence-electron chi connectivity index (χ4n) is 3.40. The molecule has 2 N–H and O–H groups in total. The number of amides is 1. The number of nitrogens with one attached hydrogen (secondary N) is 1. The van der Waals surface area contributed by atoms with Crippen molar-refractivity contribution in [2.75, 3.05) is 13.2 Å². The van der Waals surface area contributed by atoms with Gasteiger partial charge in [-0.05, 0) is 43.4 Å². The molecule has 0 aliphatic heterocycles. The Morgan fingerprint density at radius 2 is 1.76 bits per heavy atom. The van der Waals surface area contributed by atoms with Gasteiger partial charge in [0.25, 0.3) is 0 Å². The van der Waals surface area contributed by atoms with E-state index in [9.17, 15) is 9.90 Å². The SMILES string of the molecule is O=C(NCC1(CO)CC1)C1(c2ccc(Cl)cc2)CCCC1. The van der Waals surface area contributed by atoms with Gasteiger partial charge in [-0.3, -0.25) is 4.79 Å². The lowest BCUT2D eigenvalue weighted by atomic mass is 9.78. The van der Waals surface area contributed by atoms with Gasteiger partial charge in [0.1, 0.15) is 0 Å². The first kappa shape index (κ1) is 14.9. The third-order valence-electron chi connectivity index (χ3n) is 5.21. The molecule has 0 spiro atoms. The maximum atomic E-state index is 12.8. The molecule has 2 aliphatic carbocycles. The summed E-state index contributed by atoms with van der Waals surface area (Å²) in [5, 5.41) is 13.2. The third kappa shape index (κ3) is 2.82. The van der Waals surface area contributed by atoms with Crippen LogP contribution in [0.25, 0.3) is 0 Å². The molecule has 21 heavy (non-hydrogen) atoms. The van der Waals surface area contributed by atoms with Gasteiger partial charge in [0.15, 0.2) is 0 Å². The summed E-state index contributed by atoms with van der Waals surface area (Å²) in [7, 11) is 0. The highest BCUT2D eigenvalue weighted by atomic mass is 35.5. The minimum absolute atomic E-state index is 0.0462. The van der Waals surface area contributed by atoms with Crippen molar-refractivity contribution in [3.8, 4) is 0 Å². The van der Waals surface area contributed by atoms with E-state index in [4.69, 9.17) is 11.6 Å². The number of carbonyl (C=O) groups is 1. The average Bonchev–Trinajstić information content (AvgIpc) is 3.12. The Balaban J connectivity index is 1.77. The summed E-state index contributed by atoms with van der Waals surface area (Å²) in [4.78, 5) is 12.8. The van der Waals surface area contributed by atoms with E-state index in [0.717, 1.165) is 44.1 Å². The molecule has 3 rings (SSSR count). The molecule has 0 heterocycles. The first-order chi connectivity index (χ1) is 10.1. The Morgan fingerprint density at radius 3 is 2.29 bits per heavy atom. The second-order valence-electron chi connectivity index (χ2n) is 6.64. The number of hydrogen-bond donors (Lipinski definition) is 2. The highest BCUT2D eigenvalue weighted by Gasteiger charge is 2.46. The van der Waals surface area contributed by atoms with Crippen molar-refractivity contribution in [1.82, 2.24) is 5.32 Å². The van der Waals surface area contributed by atoms with Crippen LogP contribution in [-0.4, -0.2) is 24.2 Å². The number of carbonyl (C=O) groups excluding carboxylic acids is 1. The predicted molar refractivity (Wildman–Crippen MR) is 83.4 cm³/mol. The molecule has 1 aromatic rings. The largest absolute Gasteiger partial charge is 0.396 e. The Kier molecular flexibility index (Phi) is 3.98. The summed E-state index contributed by atoms with van der Waals surface area (Å²) < 4.78 is 0. The van der Waals surface area contributed by atoms with Crippen LogP contribution >= 0.6 is 11.6 Å². The van der Waals surface area contributed by atoms with Crippen molar-refractivity contribution in [2.45, 2.75) is 43.9 Å². The van der Waals surface area contributed by atoms with Crippen LogP contribution in [-0.2, 0) is 10.2 Å². The lowest BCUT2D eigenvalue weighted by Crippen LogP contribution is -2.45. The van der Waals surface area contributed by atoms with Crippen molar-refractivity contribution >= 4 is 17.5 Å². The summed E-state index contributed by atoms with van der Waals surface area (Å²) in [5.74, 6) is 0.113. The molecule has 0 aromatic heterocycles. The molecule has 2 saturated carbocycles. The van der Waals surface area contributed by atoms with Crippen molar-refractivity contribution < 1.29 is 9.90 Å². The molecule has 0 bridgehead atoms. The van der Waals surface area contributed by atoms with Gasteiger partial charge in [-0.25, -0.2) is 0 Å². The zero-order valence-corrected chi connectivity index (χ0v) is 13.0.